The molecule has 1 spiro atoms. The monoisotopic (exact) mass is 499 g/mol. The van der Waals surface area contributed by atoms with Crippen LogP contribution >= 0.6 is 0 Å². The molecule has 2 saturated carbocycles. The van der Waals surface area contributed by atoms with Gasteiger partial charge in [-0.15, -0.1) is 0 Å². The number of nitrogens with zero attached hydrogens (tertiary/aromatic N) is 1. The zero-order valence-corrected chi connectivity index (χ0v) is 24.2. The van der Waals surface area contributed by atoms with Crippen molar-refractivity contribution in [1.82, 2.24) is 4.31 Å². The number of carbonyl (C=O) groups excluding carboxylic acids is 2. The Balaban J connectivity index is 1.95. The largest absolute Gasteiger partial charge is 0.412 e. The zero-order chi connectivity index (χ0) is 25.4. The van der Waals surface area contributed by atoms with E-state index in [1.807, 2.05) is 20.8 Å². The Labute approximate surface area is 202 Å². The van der Waals surface area contributed by atoms with E-state index in [-0.39, 0.29) is 39.9 Å². The summed E-state index contributed by atoms with van der Waals surface area (Å²) in [5, 5.41) is -0.0992. The lowest BCUT2D eigenvalue weighted by Crippen LogP contribution is -2.52. The van der Waals surface area contributed by atoms with Crippen LogP contribution in [0.25, 0.3) is 0 Å². The van der Waals surface area contributed by atoms with E-state index in [2.05, 4.69) is 47.7 Å². The molecule has 0 aromatic heterocycles. The van der Waals surface area contributed by atoms with Crippen LogP contribution in [0, 0.1) is 22.2 Å². The number of fused-ring (bicyclic) bond motifs is 1. The third-order valence-corrected chi connectivity index (χ3v) is 16.5. The zero-order valence-electron chi connectivity index (χ0n) is 22.4. The summed E-state index contributed by atoms with van der Waals surface area (Å²) in [4.78, 5) is 26.7. The molecule has 33 heavy (non-hydrogen) atoms. The van der Waals surface area contributed by atoms with Gasteiger partial charge in [-0.3, -0.25) is 9.59 Å². The van der Waals surface area contributed by atoms with Gasteiger partial charge in [0.25, 0.3) is 0 Å². The van der Waals surface area contributed by atoms with E-state index in [9.17, 15) is 18.0 Å². The Bertz CT molecular complexity index is 933. The van der Waals surface area contributed by atoms with Gasteiger partial charge in [-0.1, -0.05) is 55.4 Å². The van der Waals surface area contributed by atoms with Crippen LogP contribution in [0.3, 0.4) is 0 Å². The Kier molecular flexibility index (Phi) is 6.42. The number of ketones is 1. The molecule has 0 unspecified atom stereocenters. The van der Waals surface area contributed by atoms with E-state index in [1.165, 1.54) is 4.31 Å². The minimum absolute atomic E-state index is 0.0285. The predicted octanol–water partition coefficient (Wildman–Crippen LogP) is 5.14. The highest BCUT2D eigenvalue weighted by Gasteiger charge is 2.72. The lowest BCUT2D eigenvalue weighted by atomic mass is 9.69. The molecule has 2 bridgehead atoms. The molecular formula is C25H45NO5SSi. The average molecular weight is 500 g/mol. The maximum Gasteiger partial charge on any atom is 0.238 e. The molecule has 1 heterocycles. The first-order chi connectivity index (χ1) is 14.7. The molecule has 0 N–H and O–H groups in total. The van der Waals surface area contributed by atoms with Crippen LogP contribution in [-0.2, 0) is 24.0 Å². The predicted molar refractivity (Wildman–Crippen MR) is 134 cm³/mol. The van der Waals surface area contributed by atoms with Gasteiger partial charge in [-0.2, -0.15) is 0 Å². The molecular weight excluding hydrogens is 454 g/mol. The standard InChI is InChI=1S/C25H45NO5SSi/c1-11-19(27)23(5,6)20(31-33(9,10)22(2,3)4)15-21(28)26-18-14-17-12-13-25(18,24(17,7)8)16-32(26,29)30/h17-18,20H,11-16H2,1-10H3/t17-,18+,20+,25-/m0/s1. The molecule has 6 nitrogen and oxygen atoms in total. The first kappa shape index (κ1) is 26.9. The summed E-state index contributed by atoms with van der Waals surface area (Å²) in [5.41, 5.74) is -1.32. The molecule has 3 rings (SSSR count). The Morgan fingerprint density at radius 1 is 1.15 bits per heavy atom. The van der Waals surface area contributed by atoms with Crippen molar-refractivity contribution in [3.63, 3.8) is 0 Å². The lowest BCUT2D eigenvalue weighted by molar-refractivity contribution is -0.137. The molecule has 3 aliphatic rings. The van der Waals surface area contributed by atoms with Crippen LogP contribution in [0.15, 0.2) is 0 Å². The van der Waals surface area contributed by atoms with Crippen molar-refractivity contribution in [2.45, 2.75) is 118 Å². The maximum atomic E-state index is 13.8. The van der Waals surface area contributed by atoms with E-state index < -0.39 is 35.8 Å². The van der Waals surface area contributed by atoms with E-state index in [0.29, 0.717) is 12.3 Å². The SMILES string of the molecule is CCC(=O)C(C)(C)[C@@H](CC(=O)N1[C@@H]2C[C@@H]3CC[C@@]2(CS1(=O)=O)C3(C)C)O[Si](C)(C)C(C)(C)C. The topological polar surface area (TPSA) is 80.8 Å². The van der Waals surface area contributed by atoms with Crippen molar-refractivity contribution in [2.24, 2.45) is 22.2 Å². The number of hydrogen-bond acceptors (Lipinski definition) is 5. The van der Waals surface area contributed by atoms with Crippen LogP contribution in [0.2, 0.25) is 18.1 Å². The number of sulfonamides is 1. The van der Waals surface area contributed by atoms with Gasteiger partial charge >= 0.3 is 0 Å². The van der Waals surface area contributed by atoms with Gasteiger partial charge in [0.15, 0.2) is 8.32 Å². The molecule has 0 aromatic rings. The minimum atomic E-state index is -3.69. The first-order valence-electron chi connectivity index (χ1n) is 12.5. The second kappa shape index (κ2) is 7.89. The Morgan fingerprint density at radius 3 is 2.21 bits per heavy atom. The quantitative estimate of drug-likeness (QED) is 0.453. The third kappa shape index (κ3) is 3.96. The average Bonchev–Trinajstić information content (AvgIpc) is 3.13. The first-order valence-corrected chi connectivity index (χ1v) is 17.0. The van der Waals surface area contributed by atoms with Gasteiger partial charge in [0.05, 0.1) is 24.3 Å². The summed E-state index contributed by atoms with van der Waals surface area (Å²) in [6.45, 7) is 20.4. The van der Waals surface area contributed by atoms with E-state index >= 15 is 0 Å². The summed E-state index contributed by atoms with van der Waals surface area (Å²) >= 11 is 0. The van der Waals surface area contributed by atoms with Crippen molar-refractivity contribution in [2.75, 3.05) is 5.75 Å². The van der Waals surface area contributed by atoms with Crippen molar-refractivity contribution in [3.05, 3.63) is 0 Å². The van der Waals surface area contributed by atoms with Gasteiger partial charge in [0.1, 0.15) is 5.78 Å². The van der Waals surface area contributed by atoms with Crippen molar-refractivity contribution in [3.8, 4) is 0 Å². The van der Waals surface area contributed by atoms with E-state index in [1.54, 1.807) is 0 Å². The summed E-state index contributed by atoms with van der Waals surface area (Å²) in [6.07, 6.45) is 2.27. The van der Waals surface area contributed by atoms with Crippen molar-refractivity contribution in [1.29, 1.82) is 0 Å². The van der Waals surface area contributed by atoms with Gasteiger partial charge in [0, 0.05) is 17.3 Å². The molecule has 2 aliphatic carbocycles. The normalized spacial score (nSPS) is 31.5. The fraction of sp³-hybridized carbons (Fsp3) is 0.920. The smallest absolute Gasteiger partial charge is 0.238 e. The minimum Gasteiger partial charge on any atom is -0.412 e. The second-order valence-corrected chi connectivity index (χ2v) is 20.0. The number of carbonyl (C=O) groups is 2. The van der Waals surface area contributed by atoms with Crippen LogP contribution in [0.1, 0.15) is 87.5 Å². The molecule has 3 fully saturated rings. The summed E-state index contributed by atoms with van der Waals surface area (Å²) in [6, 6.07) is -0.262. The van der Waals surface area contributed by atoms with Crippen LogP contribution < -0.4 is 0 Å². The highest BCUT2D eigenvalue weighted by atomic mass is 32.2. The van der Waals surface area contributed by atoms with Crippen LogP contribution in [-0.4, -0.2) is 50.6 Å². The second-order valence-electron chi connectivity index (χ2n) is 13.4. The number of hydrogen-bond donors (Lipinski definition) is 0. The third-order valence-electron chi connectivity index (χ3n) is 10.1. The highest BCUT2D eigenvalue weighted by molar-refractivity contribution is 7.90. The van der Waals surface area contributed by atoms with Gasteiger partial charge < -0.3 is 4.43 Å². The van der Waals surface area contributed by atoms with Crippen LogP contribution in [0.4, 0.5) is 0 Å². The molecule has 190 valence electrons. The van der Waals surface area contributed by atoms with E-state index in [4.69, 9.17) is 4.43 Å². The number of Topliss-reactive ketones (excluding diaryl/α,β-unsaturated/α-hetero) is 1. The Hall–Kier alpha value is -0.733. The summed E-state index contributed by atoms with van der Waals surface area (Å²) in [5.74, 6) is 0.137. The Morgan fingerprint density at radius 2 is 1.73 bits per heavy atom. The number of amides is 1. The van der Waals surface area contributed by atoms with Gasteiger partial charge in [-0.05, 0) is 48.7 Å². The van der Waals surface area contributed by atoms with Crippen LogP contribution in [0.5, 0.6) is 0 Å². The fourth-order valence-corrected chi connectivity index (χ4v) is 10.5. The lowest BCUT2D eigenvalue weighted by Gasteiger charge is -2.44. The van der Waals surface area contributed by atoms with Gasteiger partial charge in [-0.25, -0.2) is 12.7 Å². The maximum absolute atomic E-state index is 13.8. The fourth-order valence-electron chi connectivity index (χ4n) is 6.48. The molecule has 1 amide bonds. The molecule has 1 saturated heterocycles. The highest BCUT2D eigenvalue weighted by Crippen LogP contribution is 2.70. The molecule has 8 heteroatoms. The summed E-state index contributed by atoms with van der Waals surface area (Å²) < 4.78 is 34.6. The summed E-state index contributed by atoms with van der Waals surface area (Å²) in [7, 11) is -6.01. The molecule has 1 aliphatic heterocycles. The van der Waals surface area contributed by atoms with Gasteiger partial charge in [0.2, 0.25) is 15.9 Å². The molecule has 4 atom stereocenters. The molecule has 0 radical (unpaired) electrons. The van der Waals surface area contributed by atoms with Crippen molar-refractivity contribution < 1.29 is 22.4 Å². The van der Waals surface area contributed by atoms with E-state index in [0.717, 1.165) is 19.3 Å². The van der Waals surface area contributed by atoms with Crippen molar-refractivity contribution >= 4 is 30.0 Å². The number of rotatable bonds is 7. The molecule has 0 aromatic carbocycles.